The molecule has 0 saturated heterocycles. The second kappa shape index (κ2) is 5.42. The summed E-state index contributed by atoms with van der Waals surface area (Å²) in [6.45, 7) is 1.39. The van der Waals surface area contributed by atoms with E-state index < -0.39 is 29.4 Å². The molecule has 20 heavy (non-hydrogen) atoms. The number of aryl methyl sites for hydroxylation is 1. The van der Waals surface area contributed by atoms with Crippen molar-refractivity contribution in [1.82, 2.24) is 0 Å². The maximum Gasteiger partial charge on any atom is 0.160 e. The Morgan fingerprint density at radius 3 is 2.10 bits per heavy atom. The lowest BCUT2D eigenvalue weighted by atomic mass is 9.99. The van der Waals surface area contributed by atoms with Gasteiger partial charge in [0.15, 0.2) is 11.6 Å². The van der Waals surface area contributed by atoms with Crippen LogP contribution in [0.15, 0.2) is 24.3 Å². The summed E-state index contributed by atoms with van der Waals surface area (Å²) in [5.74, 6) is -4.17. The highest BCUT2D eigenvalue weighted by atomic mass is 35.5. The van der Waals surface area contributed by atoms with Gasteiger partial charge in [-0.1, -0.05) is 11.6 Å². The second-order valence-corrected chi connectivity index (χ2v) is 4.72. The molecule has 2 aromatic carbocycles. The molecule has 0 saturated carbocycles. The summed E-state index contributed by atoms with van der Waals surface area (Å²) in [6.07, 6.45) is -1.63. The van der Waals surface area contributed by atoms with Crippen LogP contribution in [0.3, 0.4) is 0 Å². The Labute approximate surface area is 117 Å². The number of benzene rings is 2. The van der Waals surface area contributed by atoms with Crippen LogP contribution in [0.25, 0.3) is 0 Å². The van der Waals surface area contributed by atoms with Crippen LogP contribution in [-0.2, 0) is 0 Å². The highest BCUT2D eigenvalue weighted by Gasteiger charge is 2.21. The van der Waals surface area contributed by atoms with Crippen LogP contribution in [0, 0.1) is 30.2 Å². The monoisotopic (exact) mass is 304 g/mol. The van der Waals surface area contributed by atoms with Gasteiger partial charge >= 0.3 is 0 Å². The van der Waals surface area contributed by atoms with E-state index in [1.165, 1.54) is 6.92 Å². The summed E-state index contributed by atoms with van der Waals surface area (Å²) in [7, 11) is 0. The lowest BCUT2D eigenvalue weighted by molar-refractivity contribution is 0.214. The molecule has 0 fully saturated rings. The molecular formula is C14H9ClF4O. The van der Waals surface area contributed by atoms with Gasteiger partial charge in [-0.05, 0) is 30.7 Å². The van der Waals surface area contributed by atoms with Crippen molar-refractivity contribution >= 4 is 11.6 Å². The van der Waals surface area contributed by atoms with Crippen LogP contribution in [0.5, 0.6) is 0 Å². The number of hydrogen-bond acceptors (Lipinski definition) is 1. The fourth-order valence-electron chi connectivity index (χ4n) is 1.80. The summed E-state index contributed by atoms with van der Waals surface area (Å²) in [6, 6.07) is 3.07. The van der Waals surface area contributed by atoms with Crippen LogP contribution < -0.4 is 0 Å². The third-order valence-electron chi connectivity index (χ3n) is 2.91. The molecule has 2 rings (SSSR count). The van der Waals surface area contributed by atoms with E-state index in [-0.39, 0.29) is 21.7 Å². The zero-order chi connectivity index (χ0) is 15.0. The van der Waals surface area contributed by atoms with E-state index in [1.807, 2.05) is 0 Å². The Bertz CT molecular complexity index is 615. The Kier molecular flexibility index (Phi) is 4.01. The van der Waals surface area contributed by atoms with Crippen molar-refractivity contribution in [3.05, 3.63) is 69.2 Å². The number of rotatable bonds is 2. The van der Waals surface area contributed by atoms with Crippen molar-refractivity contribution in [2.45, 2.75) is 13.0 Å². The second-order valence-electron chi connectivity index (χ2n) is 4.31. The van der Waals surface area contributed by atoms with Gasteiger partial charge in [0, 0.05) is 22.2 Å². The van der Waals surface area contributed by atoms with Crippen LogP contribution in [0.1, 0.15) is 22.8 Å². The molecule has 0 bridgehead atoms. The molecule has 0 aliphatic heterocycles. The Morgan fingerprint density at radius 1 is 0.850 bits per heavy atom. The largest absolute Gasteiger partial charge is 0.383 e. The van der Waals surface area contributed by atoms with E-state index in [0.29, 0.717) is 18.2 Å². The van der Waals surface area contributed by atoms with E-state index >= 15 is 0 Å². The van der Waals surface area contributed by atoms with Gasteiger partial charge in [-0.2, -0.15) is 0 Å². The van der Waals surface area contributed by atoms with E-state index in [2.05, 4.69) is 0 Å². The van der Waals surface area contributed by atoms with Crippen molar-refractivity contribution in [3.8, 4) is 0 Å². The first-order valence-electron chi connectivity index (χ1n) is 5.59. The van der Waals surface area contributed by atoms with Crippen LogP contribution in [0.4, 0.5) is 17.6 Å². The van der Waals surface area contributed by atoms with E-state index in [0.717, 1.165) is 6.07 Å². The number of aliphatic hydroxyl groups excluding tert-OH is 1. The minimum atomic E-state index is -1.63. The van der Waals surface area contributed by atoms with E-state index in [1.54, 1.807) is 0 Å². The molecule has 1 atom stereocenters. The first-order valence-corrected chi connectivity index (χ1v) is 5.97. The average Bonchev–Trinajstić information content (AvgIpc) is 2.37. The van der Waals surface area contributed by atoms with E-state index in [4.69, 9.17) is 11.6 Å². The van der Waals surface area contributed by atoms with Gasteiger partial charge in [0.1, 0.15) is 17.7 Å². The summed E-state index contributed by atoms with van der Waals surface area (Å²) in [4.78, 5) is 0. The minimum Gasteiger partial charge on any atom is -0.383 e. The molecule has 0 radical (unpaired) electrons. The molecule has 106 valence electrons. The quantitative estimate of drug-likeness (QED) is 0.648. The number of aliphatic hydroxyl groups is 1. The summed E-state index contributed by atoms with van der Waals surface area (Å²) < 4.78 is 53.0. The predicted molar refractivity (Wildman–Crippen MR) is 66.5 cm³/mol. The van der Waals surface area contributed by atoms with Crippen LogP contribution in [-0.4, -0.2) is 5.11 Å². The molecule has 0 amide bonds. The van der Waals surface area contributed by atoms with Gasteiger partial charge in [0.2, 0.25) is 0 Å². The van der Waals surface area contributed by atoms with Crippen molar-refractivity contribution < 1.29 is 22.7 Å². The molecule has 1 nitrogen and oxygen atoms in total. The maximum atomic E-state index is 13.7. The smallest absolute Gasteiger partial charge is 0.160 e. The molecular weight excluding hydrogens is 296 g/mol. The first-order chi connectivity index (χ1) is 9.31. The molecule has 0 aliphatic rings. The summed E-state index contributed by atoms with van der Waals surface area (Å²) in [5, 5.41) is 9.80. The van der Waals surface area contributed by atoms with Crippen molar-refractivity contribution in [2.24, 2.45) is 0 Å². The van der Waals surface area contributed by atoms with Gasteiger partial charge in [-0.3, -0.25) is 0 Å². The van der Waals surface area contributed by atoms with Crippen molar-refractivity contribution in [1.29, 1.82) is 0 Å². The summed E-state index contributed by atoms with van der Waals surface area (Å²) in [5.41, 5.74) is -0.355. The van der Waals surface area contributed by atoms with Crippen LogP contribution >= 0.6 is 11.6 Å². The molecule has 0 heterocycles. The van der Waals surface area contributed by atoms with Gasteiger partial charge < -0.3 is 5.11 Å². The Balaban J connectivity index is 2.54. The minimum absolute atomic E-state index is 0.110. The molecule has 0 aromatic heterocycles. The van der Waals surface area contributed by atoms with Crippen LogP contribution in [0.2, 0.25) is 5.02 Å². The molecule has 6 heteroatoms. The molecule has 1 unspecified atom stereocenters. The third kappa shape index (κ3) is 2.64. The third-order valence-corrected chi connectivity index (χ3v) is 3.23. The number of hydrogen-bond donors (Lipinski definition) is 1. The average molecular weight is 305 g/mol. The Hall–Kier alpha value is -1.59. The zero-order valence-electron chi connectivity index (χ0n) is 10.2. The van der Waals surface area contributed by atoms with Gasteiger partial charge in [0.05, 0.1) is 0 Å². The lowest BCUT2D eigenvalue weighted by Crippen LogP contribution is -2.06. The molecule has 1 N–H and O–H groups in total. The summed E-state index contributed by atoms with van der Waals surface area (Å²) >= 11 is 5.71. The lowest BCUT2D eigenvalue weighted by Gasteiger charge is -2.15. The Morgan fingerprint density at radius 2 is 1.45 bits per heavy atom. The molecule has 2 aromatic rings. The van der Waals surface area contributed by atoms with E-state index in [9.17, 15) is 22.7 Å². The van der Waals surface area contributed by atoms with Crippen molar-refractivity contribution in [2.75, 3.05) is 0 Å². The zero-order valence-corrected chi connectivity index (χ0v) is 11.0. The highest BCUT2D eigenvalue weighted by Crippen LogP contribution is 2.32. The topological polar surface area (TPSA) is 20.2 Å². The fraction of sp³-hybridized carbons (Fsp3) is 0.143. The van der Waals surface area contributed by atoms with Gasteiger partial charge in [0.25, 0.3) is 0 Å². The predicted octanol–water partition coefficient (Wildman–Crippen LogP) is 4.29. The van der Waals surface area contributed by atoms with Crippen molar-refractivity contribution in [3.63, 3.8) is 0 Å². The highest BCUT2D eigenvalue weighted by molar-refractivity contribution is 6.31. The first kappa shape index (κ1) is 14.8. The SMILES string of the molecule is Cc1cc(C(O)c2cc(F)c(F)cc2Cl)c(F)cc1F. The molecule has 0 spiro atoms. The fourth-order valence-corrected chi connectivity index (χ4v) is 2.06. The standard InChI is InChI=1S/C14H9ClF4O/c1-6-2-8(11(17)5-10(6)16)14(20)7-3-12(18)13(19)4-9(7)15/h2-5,14,20H,1H3. The number of halogens is 5. The molecule has 0 aliphatic carbocycles. The normalized spacial score (nSPS) is 12.6. The van der Waals surface area contributed by atoms with Gasteiger partial charge in [-0.15, -0.1) is 0 Å². The van der Waals surface area contributed by atoms with Gasteiger partial charge in [-0.25, -0.2) is 17.6 Å². The maximum absolute atomic E-state index is 13.7.